The maximum Gasteiger partial charge on any atom is 0.207 e. The molecule has 0 aliphatic carbocycles. The first-order valence-electron chi connectivity index (χ1n) is 4.69. The summed E-state index contributed by atoms with van der Waals surface area (Å²) < 4.78 is 0. The molecule has 0 fully saturated rings. The monoisotopic (exact) mass is 186 g/mol. The van der Waals surface area contributed by atoms with Crippen LogP contribution in [0.15, 0.2) is 0 Å². The van der Waals surface area contributed by atoms with Crippen molar-refractivity contribution in [3.63, 3.8) is 0 Å². The van der Waals surface area contributed by atoms with E-state index >= 15 is 0 Å². The lowest BCUT2D eigenvalue weighted by molar-refractivity contribution is -0.111. The van der Waals surface area contributed by atoms with Gasteiger partial charge in [-0.25, -0.2) is 0 Å². The fourth-order valence-corrected chi connectivity index (χ4v) is 1.95. The van der Waals surface area contributed by atoms with Crippen LogP contribution < -0.4 is 10.6 Å². The van der Waals surface area contributed by atoms with E-state index in [1.165, 1.54) is 0 Å². The molecule has 0 aliphatic rings. The fraction of sp³-hybridized carbons (Fsp3) is 0.900. The number of hydrogen-bond donors (Lipinski definition) is 2. The van der Waals surface area contributed by atoms with Crippen LogP contribution in [0.25, 0.3) is 0 Å². The maximum absolute atomic E-state index is 10.3. The molecule has 3 heteroatoms. The smallest absolute Gasteiger partial charge is 0.207 e. The Hall–Kier alpha value is -0.570. The largest absolute Gasteiger partial charge is 0.354 e. The standard InChI is InChI=1S/C10H22N2O/c1-9(2,7-11-5)6-10(3,4)12-8-13/h8,11H,6-7H2,1-5H3,(H,12,13). The van der Waals surface area contributed by atoms with Gasteiger partial charge in [0.05, 0.1) is 0 Å². The minimum atomic E-state index is -0.123. The van der Waals surface area contributed by atoms with Gasteiger partial charge in [-0.05, 0) is 32.7 Å². The van der Waals surface area contributed by atoms with Crippen LogP contribution in [0.3, 0.4) is 0 Å². The van der Waals surface area contributed by atoms with E-state index in [-0.39, 0.29) is 11.0 Å². The second-order valence-corrected chi connectivity index (χ2v) is 5.02. The van der Waals surface area contributed by atoms with Gasteiger partial charge in [0, 0.05) is 12.1 Å². The van der Waals surface area contributed by atoms with Gasteiger partial charge in [0.15, 0.2) is 0 Å². The summed E-state index contributed by atoms with van der Waals surface area (Å²) in [7, 11) is 1.95. The lowest BCUT2D eigenvalue weighted by Gasteiger charge is -2.34. The number of carbonyl (C=O) groups is 1. The minimum Gasteiger partial charge on any atom is -0.354 e. The van der Waals surface area contributed by atoms with Gasteiger partial charge < -0.3 is 10.6 Å². The third-order valence-electron chi connectivity index (χ3n) is 2.03. The lowest BCUT2D eigenvalue weighted by Crippen LogP contribution is -2.44. The molecule has 0 saturated heterocycles. The highest BCUT2D eigenvalue weighted by molar-refractivity contribution is 5.47. The summed E-state index contributed by atoms with van der Waals surface area (Å²) in [6, 6.07) is 0. The lowest BCUT2D eigenvalue weighted by atomic mass is 9.80. The number of nitrogens with one attached hydrogen (secondary N) is 2. The predicted molar refractivity (Wildman–Crippen MR) is 55.6 cm³/mol. The Kier molecular flexibility index (Phi) is 4.40. The van der Waals surface area contributed by atoms with Gasteiger partial charge >= 0.3 is 0 Å². The summed E-state index contributed by atoms with van der Waals surface area (Å²) in [4.78, 5) is 10.3. The summed E-state index contributed by atoms with van der Waals surface area (Å²) in [5.74, 6) is 0. The van der Waals surface area contributed by atoms with E-state index in [0.717, 1.165) is 19.4 Å². The van der Waals surface area contributed by atoms with Crippen LogP contribution in [-0.4, -0.2) is 25.5 Å². The zero-order valence-electron chi connectivity index (χ0n) is 9.40. The molecule has 78 valence electrons. The zero-order valence-corrected chi connectivity index (χ0v) is 9.40. The number of amides is 1. The Morgan fingerprint density at radius 3 is 2.15 bits per heavy atom. The molecule has 13 heavy (non-hydrogen) atoms. The van der Waals surface area contributed by atoms with Gasteiger partial charge in [-0.15, -0.1) is 0 Å². The first-order valence-corrected chi connectivity index (χ1v) is 4.69. The second kappa shape index (κ2) is 4.61. The predicted octanol–water partition coefficient (Wildman–Crippen LogP) is 1.15. The van der Waals surface area contributed by atoms with Gasteiger partial charge in [-0.1, -0.05) is 13.8 Å². The molecule has 0 spiro atoms. The molecule has 0 aromatic rings. The highest BCUT2D eigenvalue weighted by Gasteiger charge is 2.27. The Morgan fingerprint density at radius 2 is 1.77 bits per heavy atom. The Morgan fingerprint density at radius 1 is 1.23 bits per heavy atom. The molecule has 0 heterocycles. The van der Waals surface area contributed by atoms with Gasteiger partial charge in [0.25, 0.3) is 0 Å². The van der Waals surface area contributed by atoms with Crippen molar-refractivity contribution in [2.24, 2.45) is 5.41 Å². The van der Waals surface area contributed by atoms with E-state index in [0.29, 0.717) is 0 Å². The molecule has 0 aromatic carbocycles. The van der Waals surface area contributed by atoms with Crippen LogP contribution in [-0.2, 0) is 4.79 Å². The molecule has 0 aliphatic heterocycles. The average molecular weight is 186 g/mol. The number of carbonyl (C=O) groups excluding carboxylic acids is 1. The third kappa shape index (κ3) is 5.64. The van der Waals surface area contributed by atoms with E-state index in [1.807, 2.05) is 20.9 Å². The average Bonchev–Trinajstić information content (AvgIpc) is 1.82. The molecule has 0 bridgehead atoms. The van der Waals surface area contributed by atoms with Crippen molar-refractivity contribution >= 4 is 6.41 Å². The Balaban J connectivity index is 4.14. The topological polar surface area (TPSA) is 41.1 Å². The number of hydrogen-bond acceptors (Lipinski definition) is 2. The molecule has 2 N–H and O–H groups in total. The van der Waals surface area contributed by atoms with Crippen molar-refractivity contribution in [1.29, 1.82) is 0 Å². The van der Waals surface area contributed by atoms with Crippen LogP contribution in [0.5, 0.6) is 0 Å². The fourth-order valence-electron chi connectivity index (χ4n) is 1.95. The molecule has 3 nitrogen and oxygen atoms in total. The first kappa shape index (κ1) is 12.4. The molecule has 1 amide bonds. The molecule has 0 rings (SSSR count). The summed E-state index contributed by atoms with van der Waals surface area (Å²) in [5.41, 5.74) is 0.0797. The summed E-state index contributed by atoms with van der Waals surface area (Å²) >= 11 is 0. The molecule has 0 aromatic heterocycles. The van der Waals surface area contributed by atoms with E-state index < -0.39 is 0 Å². The quantitative estimate of drug-likeness (QED) is 0.611. The van der Waals surface area contributed by atoms with Crippen LogP contribution in [0, 0.1) is 5.41 Å². The van der Waals surface area contributed by atoms with Crippen molar-refractivity contribution in [2.75, 3.05) is 13.6 Å². The van der Waals surface area contributed by atoms with Gasteiger partial charge in [-0.3, -0.25) is 4.79 Å². The Bertz CT molecular complexity index is 164. The molecular weight excluding hydrogens is 164 g/mol. The summed E-state index contributed by atoms with van der Waals surface area (Å²) in [6.45, 7) is 9.42. The Labute approximate surface area is 81.3 Å². The van der Waals surface area contributed by atoms with Crippen LogP contribution in [0.4, 0.5) is 0 Å². The van der Waals surface area contributed by atoms with E-state index in [4.69, 9.17) is 0 Å². The van der Waals surface area contributed by atoms with Crippen LogP contribution >= 0.6 is 0 Å². The van der Waals surface area contributed by atoms with Crippen molar-refractivity contribution < 1.29 is 4.79 Å². The van der Waals surface area contributed by atoms with Crippen LogP contribution in [0.2, 0.25) is 0 Å². The van der Waals surface area contributed by atoms with Crippen molar-refractivity contribution in [3.8, 4) is 0 Å². The molecule has 0 radical (unpaired) electrons. The second-order valence-electron chi connectivity index (χ2n) is 5.02. The minimum absolute atomic E-state index is 0.123. The van der Waals surface area contributed by atoms with Gasteiger partial charge in [0.1, 0.15) is 0 Å². The SMILES string of the molecule is CNCC(C)(C)CC(C)(C)NC=O. The molecule has 0 saturated carbocycles. The highest BCUT2D eigenvalue weighted by Crippen LogP contribution is 2.26. The normalized spacial score (nSPS) is 12.7. The van der Waals surface area contributed by atoms with Gasteiger partial charge in [0.2, 0.25) is 6.41 Å². The maximum atomic E-state index is 10.3. The summed E-state index contributed by atoms with van der Waals surface area (Å²) in [6.07, 6.45) is 1.73. The van der Waals surface area contributed by atoms with Gasteiger partial charge in [-0.2, -0.15) is 0 Å². The highest BCUT2D eigenvalue weighted by atomic mass is 16.1. The van der Waals surface area contributed by atoms with E-state index in [1.54, 1.807) is 0 Å². The molecule has 0 unspecified atom stereocenters. The van der Waals surface area contributed by atoms with Crippen LogP contribution in [0.1, 0.15) is 34.1 Å². The summed E-state index contributed by atoms with van der Waals surface area (Å²) in [5, 5.41) is 5.98. The van der Waals surface area contributed by atoms with Crippen molar-refractivity contribution in [2.45, 2.75) is 39.7 Å². The number of rotatable bonds is 6. The van der Waals surface area contributed by atoms with E-state index in [9.17, 15) is 4.79 Å². The third-order valence-corrected chi connectivity index (χ3v) is 2.03. The van der Waals surface area contributed by atoms with Crippen molar-refractivity contribution in [1.82, 2.24) is 10.6 Å². The zero-order chi connectivity index (χ0) is 10.5. The van der Waals surface area contributed by atoms with Crippen molar-refractivity contribution in [3.05, 3.63) is 0 Å². The van der Waals surface area contributed by atoms with E-state index in [2.05, 4.69) is 24.5 Å². The first-order chi connectivity index (χ1) is 5.83. The molecular formula is C10H22N2O. The molecule has 0 atom stereocenters.